The lowest BCUT2D eigenvalue weighted by Gasteiger charge is -2.44. The van der Waals surface area contributed by atoms with Crippen LogP contribution in [0.15, 0.2) is 42.5 Å². The van der Waals surface area contributed by atoms with Gasteiger partial charge in [-0.15, -0.1) is 30.4 Å². The van der Waals surface area contributed by atoms with Crippen molar-refractivity contribution < 1.29 is 62.6 Å². The van der Waals surface area contributed by atoms with Crippen LogP contribution in [0.3, 0.4) is 0 Å². The fourth-order valence-corrected chi connectivity index (χ4v) is 6.81. The fourth-order valence-electron chi connectivity index (χ4n) is 6.81. The molecule has 1 fully saturated rings. The predicted molar refractivity (Wildman–Crippen MR) is 201 cm³/mol. The van der Waals surface area contributed by atoms with Gasteiger partial charge in [-0.2, -0.15) is 5.21 Å². The molecule has 0 spiro atoms. The molecular weight excluding hydrogens is 784 g/mol. The second kappa shape index (κ2) is 22.6. The summed E-state index contributed by atoms with van der Waals surface area (Å²) in [5.41, 5.74) is 2.73. The molecule has 1 N–H and O–H groups in total. The van der Waals surface area contributed by atoms with E-state index in [-0.39, 0.29) is 77.0 Å². The Hall–Kier alpha value is -6.23. The molecule has 2 aliphatic heterocycles. The van der Waals surface area contributed by atoms with E-state index in [0.717, 1.165) is 42.1 Å². The summed E-state index contributed by atoms with van der Waals surface area (Å²) in [6.07, 6.45) is -2.44. The number of aromatic nitrogens is 4. The number of ether oxygens (including phenoxy) is 7. The van der Waals surface area contributed by atoms with Gasteiger partial charge in [0.2, 0.25) is 5.82 Å². The normalized spacial score (nSPS) is 17.8. The number of anilines is 1. The summed E-state index contributed by atoms with van der Waals surface area (Å²) in [7, 11) is 3.24. The monoisotopic (exact) mass is 832 g/mol. The number of likely N-dealkylation sites (tertiary alicyclic amines) is 1. The first-order valence-corrected chi connectivity index (χ1v) is 18.9. The van der Waals surface area contributed by atoms with Crippen LogP contribution in [0.5, 0.6) is 11.5 Å². The van der Waals surface area contributed by atoms with Crippen molar-refractivity contribution in [1.82, 2.24) is 25.5 Å². The predicted octanol–water partition coefficient (Wildman–Crippen LogP) is 3.80. The van der Waals surface area contributed by atoms with Crippen molar-refractivity contribution in [3.8, 4) is 11.5 Å². The molecule has 2 aliphatic rings. The Labute approximate surface area is 338 Å². The van der Waals surface area contributed by atoms with E-state index in [2.05, 4.69) is 35.2 Å². The number of benzene rings is 2. The van der Waals surface area contributed by atoms with Crippen molar-refractivity contribution in [2.24, 2.45) is 0 Å². The molecule has 23 heteroatoms. The SMILES string of the molecule is COCCCN1CCOc2ccc(COC3CN(C(=O)OCCCO[N+](=O)[O-])C(CC(OC(=O)OCCCO[N+](=O)[O-])c4nn[nH]n4)CC3c3ccc(OC)cc3)cc21. The summed E-state index contributed by atoms with van der Waals surface area (Å²) in [5, 5.41) is 33.2. The van der Waals surface area contributed by atoms with Gasteiger partial charge in [-0.25, -0.2) is 9.59 Å². The van der Waals surface area contributed by atoms with Crippen LogP contribution in [0.2, 0.25) is 0 Å². The number of tetrazole rings is 1. The Morgan fingerprint density at radius 2 is 1.71 bits per heavy atom. The van der Waals surface area contributed by atoms with E-state index in [9.17, 15) is 29.8 Å². The molecule has 23 nitrogen and oxygen atoms in total. The molecule has 3 aromatic rings. The van der Waals surface area contributed by atoms with Gasteiger partial charge in [0.1, 0.15) is 18.1 Å². The van der Waals surface area contributed by atoms with Gasteiger partial charge in [-0.05, 0) is 48.2 Å². The van der Waals surface area contributed by atoms with Crippen LogP contribution in [0, 0.1) is 20.2 Å². The number of fused-ring (bicyclic) bond motifs is 1. The molecule has 1 saturated heterocycles. The van der Waals surface area contributed by atoms with Gasteiger partial charge in [0.25, 0.3) is 10.2 Å². The number of nitrogens with zero attached hydrogens (tertiary/aromatic N) is 7. The van der Waals surface area contributed by atoms with Crippen molar-refractivity contribution in [2.75, 3.05) is 78.4 Å². The first-order chi connectivity index (χ1) is 28.6. The smallest absolute Gasteiger partial charge is 0.497 e. The van der Waals surface area contributed by atoms with Crippen LogP contribution >= 0.6 is 0 Å². The average molecular weight is 833 g/mol. The topological polar surface area (TPSA) is 264 Å². The molecule has 2 aromatic carbocycles. The highest BCUT2D eigenvalue weighted by Gasteiger charge is 2.42. The summed E-state index contributed by atoms with van der Waals surface area (Å²) in [6, 6.07) is 12.7. The summed E-state index contributed by atoms with van der Waals surface area (Å²) >= 11 is 0. The standard InChI is InChI=1S/C36H48N8O15/c1-51-14-3-12-41-13-19-53-31-11-6-25(20-30(31)41)24-56-33-23-42(35(45)54-15-4-17-57-43(47)48)27(21-29(33)26-7-9-28(52-2)10-8-26)22-32(34-37-39-40-38-34)59-36(46)55-16-5-18-58-44(49)50/h6-11,20,27,29,32-33H,3-5,12-19,21-24H2,1-2H3,(H,37,38,39,40). The van der Waals surface area contributed by atoms with Gasteiger partial charge in [-0.3, -0.25) is 0 Å². The Morgan fingerprint density at radius 3 is 2.39 bits per heavy atom. The molecule has 0 radical (unpaired) electrons. The third-order valence-electron chi connectivity index (χ3n) is 9.58. The first-order valence-electron chi connectivity index (χ1n) is 18.9. The number of carbonyl (C=O) groups excluding carboxylic acids is 2. The van der Waals surface area contributed by atoms with Crippen LogP contribution in [-0.2, 0) is 40.0 Å². The summed E-state index contributed by atoms with van der Waals surface area (Å²) in [4.78, 5) is 60.1. The quantitative estimate of drug-likeness (QED) is 0.0616. The Bertz CT molecular complexity index is 1790. The zero-order chi connectivity index (χ0) is 42.0. The molecule has 0 bridgehead atoms. The van der Waals surface area contributed by atoms with E-state index >= 15 is 0 Å². The van der Waals surface area contributed by atoms with Crippen molar-refractivity contribution in [2.45, 2.75) is 62.9 Å². The summed E-state index contributed by atoms with van der Waals surface area (Å²) in [5.74, 6) is 1.10. The maximum atomic E-state index is 13.9. The van der Waals surface area contributed by atoms with E-state index in [1.807, 2.05) is 42.5 Å². The molecule has 59 heavy (non-hydrogen) atoms. The molecule has 1 amide bonds. The number of methoxy groups -OCH3 is 2. The second-order valence-corrected chi connectivity index (χ2v) is 13.4. The van der Waals surface area contributed by atoms with Gasteiger partial charge in [0.15, 0.2) is 6.10 Å². The number of piperidine rings is 1. The Balaban J connectivity index is 1.39. The molecular formula is C36H48N8O15. The average Bonchev–Trinajstić information content (AvgIpc) is 3.78. The largest absolute Gasteiger partial charge is 0.508 e. The number of H-pyrrole nitrogens is 1. The third kappa shape index (κ3) is 13.4. The lowest BCUT2D eigenvalue weighted by Crippen LogP contribution is -2.53. The lowest BCUT2D eigenvalue weighted by molar-refractivity contribution is -0.757. The third-order valence-corrected chi connectivity index (χ3v) is 9.58. The van der Waals surface area contributed by atoms with E-state index in [1.54, 1.807) is 14.2 Å². The zero-order valence-corrected chi connectivity index (χ0v) is 32.7. The van der Waals surface area contributed by atoms with Crippen LogP contribution in [0.25, 0.3) is 0 Å². The summed E-state index contributed by atoms with van der Waals surface area (Å²) < 4.78 is 39.6. The Morgan fingerprint density at radius 1 is 0.966 bits per heavy atom. The minimum atomic E-state index is -1.18. The fraction of sp³-hybridized carbons (Fsp3) is 0.583. The van der Waals surface area contributed by atoms with Crippen LogP contribution in [0.4, 0.5) is 15.3 Å². The van der Waals surface area contributed by atoms with E-state index < -0.39 is 40.7 Å². The van der Waals surface area contributed by atoms with Crippen molar-refractivity contribution in [3.05, 3.63) is 79.6 Å². The van der Waals surface area contributed by atoms with Crippen molar-refractivity contribution in [3.63, 3.8) is 0 Å². The molecule has 4 unspecified atom stereocenters. The number of amides is 1. The minimum absolute atomic E-state index is 0.00379. The highest BCUT2D eigenvalue weighted by molar-refractivity contribution is 5.68. The van der Waals surface area contributed by atoms with Gasteiger partial charge in [0, 0.05) is 51.5 Å². The number of carbonyl (C=O) groups is 2. The minimum Gasteiger partial charge on any atom is -0.497 e. The van der Waals surface area contributed by atoms with E-state index in [1.165, 1.54) is 4.90 Å². The van der Waals surface area contributed by atoms with E-state index in [0.29, 0.717) is 19.0 Å². The number of rotatable bonds is 23. The molecule has 322 valence electrons. The highest BCUT2D eigenvalue weighted by atomic mass is 17.0. The van der Waals surface area contributed by atoms with Gasteiger partial charge in [-0.1, -0.05) is 23.4 Å². The lowest BCUT2D eigenvalue weighted by atomic mass is 9.81. The van der Waals surface area contributed by atoms with Crippen LogP contribution in [-0.4, -0.2) is 134 Å². The van der Waals surface area contributed by atoms with Gasteiger partial charge >= 0.3 is 12.2 Å². The van der Waals surface area contributed by atoms with Crippen LogP contribution < -0.4 is 14.4 Å². The molecule has 3 heterocycles. The maximum Gasteiger partial charge on any atom is 0.508 e. The molecule has 0 saturated carbocycles. The van der Waals surface area contributed by atoms with Crippen molar-refractivity contribution >= 4 is 17.9 Å². The number of hydrogen-bond donors (Lipinski definition) is 1. The zero-order valence-electron chi connectivity index (χ0n) is 32.7. The number of hydrogen-bond acceptors (Lipinski definition) is 19. The highest BCUT2D eigenvalue weighted by Crippen LogP contribution is 2.39. The maximum absolute atomic E-state index is 13.9. The first kappa shape index (κ1) is 43.9. The van der Waals surface area contributed by atoms with Crippen LogP contribution in [0.1, 0.15) is 61.1 Å². The Kier molecular flexibility index (Phi) is 16.8. The molecule has 5 rings (SSSR count). The van der Waals surface area contributed by atoms with Crippen molar-refractivity contribution in [1.29, 1.82) is 0 Å². The number of nitrogens with one attached hydrogen (secondary N) is 1. The molecule has 1 aromatic heterocycles. The summed E-state index contributed by atoms with van der Waals surface area (Å²) in [6.45, 7) is 1.94. The van der Waals surface area contributed by atoms with Gasteiger partial charge < -0.3 is 52.6 Å². The second-order valence-electron chi connectivity index (χ2n) is 13.4. The van der Waals surface area contributed by atoms with E-state index in [4.69, 9.17) is 33.2 Å². The number of aromatic amines is 1. The van der Waals surface area contributed by atoms with Gasteiger partial charge in [0.05, 0.1) is 65.0 Å². The molecule has 4 atom stereocenters. The molecule has 0 aliphatic carbocycles.